The normalized spacial score (nSPS) is 15.0. The Bertz CT molecular complexity index is 1340. The molecule has 1 amide bonds. The van der Waals surface area contributed by atoms with Gasteiger partial charge in [-0.2, -0.15) is 4.31 Å². The fourth-order valence-corrected chi connectivity index (χ4v) is 5.43. The number of aromatic nitrogens is 2. The van der Waals surface area contributed by atoms with E-state index in [1.54, 1.807) is 25.1 Å². The summed E-state index contributed by atoms with van der Waals surface area (Å²) in [5.74, 6) is -0.401. The van der Waals surface area contributed by atoms with Gasteiger partial charge < -0.3 is 15.0 Å². The minimum Gasteiger partial charge on any atom is -0.461 e. The Morgan fingerprint density at radius 3 is 2.31 bits per heavy atom. The molecule has 2 heterocycles. The van der Waals surface area contributed by atoms with Gasteiger partial charge in [-0.3, -0.25) is 4.79 Å². The molecule has 2 aromatic carbocycles. The van der Waals surface area contributed by atoms with Crippen LogP contribution in [0.15, 0.2) is 53.4 Å². The molecule has 0 atom stereocenters. The Balaban J connectivity index is 1.58. The molecule has 35 heavy (non-hydrogen) atoms. The zero-order chi connectivity index (χ0) is 25.0. The molecule has 0 saturated carbocycles. The third-order valence-corrected chi connectivity index (χ3v) is 7.50. The molecule has 1 N–H and O–H groups in total. The predicted molar refractivity (Wildman–Crippen MR) is 132 cm³/mol. The zero-order valence-electron chi connectivity index (χ0n) is 19.6. The van der Waals surface area contributed by atoms with E-state index in [1.165, 1.54) is 23.4 Å². The van der Waals surface area contributed by atoms with Crippen molar-refractivity contribution in [3.8, 4) is 0 Å². The van der Waals surface area contributed by atoms with E-state index in [1.807, 2.05) is 23.1 Å². The molecule has 0 spiro atoms. The van der Waals surface area contributed by atoms with E-state index >= 15 is 0 Å². The lowest BCUT2D eigenvalue weighted by Gasteiger charge is -2.24. The molecular weight excluding hydrogens is 470 g/mol. The van der Waals surface area contributed by atoms with Crippen LogP contribution in [0.2, 0.25) is 0 Å². The van der Waals surface area contributed by atoms with Gasteiger partial charge in [0.2, 0.25) is 15.9 Å². The van der Waals surface area contributed by atoms with Gasteiger partial charge in [-0.25, -0.2) is 23.2 Å². The molecule has 3 aromatic rings. The van der Waals surface area contributed by atoms with Crippen molar-refractivity contribution in [3.63, 3.8) is 0 Å². The number of nitrogens with zero attached hydrogens (tertiary/aromatic N) is 4. The lowest BCUT2D eigenvalue weighted by molar-refractivity contribution is -0.114. The first-order valence-electron chi connectivity index (χ1n) is 11.4. The molecule has 1 aliphatic heterocycles. The Labute approximate surface area is 204 Å². The average Bonchev–Trinajstić information content (AvgIpc) is 3.10. The summed E-state index contributed by atoms with van der Waals surface area (Å²) in [6, 6.07) is 13.4. The highest BCUT2D eigenvalue weighted by Crippen LogP contribution is 2.25. The van der Waals surface area contributed by atoms with Gasteiger partial charge in [-0.05, 0) is 49.7 Å². The minimum absolute atomic E-state index is 0.121. The largest absolute Gasteiger partial charge is 0.461 e. The molecule has 1 saturated heterocycles. The van der Waals surface area contributed by atoms with E-state index in [0.29, 0.717) is 48.6 Å². The average molecular weight is 498 g/mol. The van der Waals surface area contributed by atoms with Crippen LogP contribution in [0.25, 0.3) is 11.0 Å². The summed E-state index contributed by atoms with van der Waals surface area (Å²) in [4.78, 5) is 35.1. The number of amides is 1. The van der Waals surface area contributed by atoms with E-state index in [2.05, 4.69) is 15.3 Å². The third kappa shape index (κ3) is 5.41. The summed E-state index contributed by atoms with van der Waals surface area (Å²) in [6.45, 7) is 4.70. The van der Waals surface area contributed by atoms with Gasteiger partial charge in [0.05, 0.1) is 22.5 Å². The topological polar surface area (TPSA) is 122 Å². The van der Waals surface area contributed by atoms with Crippen LogP contribution in [0.1, 0.15) is 30.8 Å². The van der Waals surface area contributed by atoms with Crippen molar-refractivity contribution in [1.29, 1.82) is 0 Å². The minimum atomic E-state index is -3.74. The molecule has 0 bridgehead atoms. The molecule has 0 radical (unpaired) electrons. The number of rotatable bonds is 6. The lowest BCUT2D eigenvalue weighted by atomic mass is 10.2. The van der Waals surface area contributed by atoms with E-state index in [-0.39, 0.29) is 29.6 Å². The first kappa shape index (κ1) is 24.6. The molecule has 1 aromatic heterocycles. The van der Waals surface area contributed by atoms with Gasteiger partial charge >= 0.3 is 5.97 Å². The fourth-order valence-electron chi connectivity index (χ4n) is 3.96. The maximum atomic E-state index is 13.3. The highest BCUT2D eigenvalue weighted by molar-refractivity contribution is 7.89. The van der Waals surface area contributed by atoms with Crippen LogP contribution in [0.3, 0.4) is 0 Å². The smallest absolute Gasteiger partial charge is 0.360 e. The van der Waals surface area contributed by atoms with E-state index < -0.39 is 16.0 Å². The highest BCUT2D eigenvalue weighted by atomic mass is 32.2. The number of ether oxygens (including phenoxy) is 1. The molecule has 184 valence electrons. The van der Waals surface area contributed by atoms with Crippen LogP contribution >= 0.6 is 0 Å². The molecule has 1 aliphatic rings. The standard InChI is InChI=1S/C24H27N5O5S/c1-3-34-24(31)22-23(27-21-8-5-4-7-20(21)26-22)28-13-6-14-29(16-15-28)35(32,33)19-11-9-18(10-12-19)25-17(2)30/h4-5,7-12H,3,6,13-16H2,1-2H3,(H,25,30). The number of sulfonamides is 1. The molecule has 10 nitrogen and oxygen atoms in total. The molecular formula is C24H27N5O5S. The van der Waals surface area contributed by atoms with Gasteiger partial charge in [-0.1, -0.05) is 12.1 Å². The van der Waals surface area contributed by atoms with Crippen LogP contribution in [0, 0.1) is 0 Å². The maximum Gasteiger partial charge on any atom is 0.360 e. The number of esters is 1. The second-order valence-electron chi connectivity index (χ2n) is 8.06. The Hall–Kier alpha value is -3.57. The first-order chi connectivity index (χ1) is 16.8. The number of anilines is 2. The predicted octanol–water partition coefficient (Wildman–Crippen LogP) is 2.67. The van der Waals surface area contributed by atoms with Crippen molar-refractivity contribution in [2.75, 3.05) is 43.0 Å². The summed E-state index contributed by atoms with van der Waals surface area (Å²) in [5.41, 5.74) is 1.87. The van der Waals surface area contributed by atoms with Crippen molar-refractivity contribution in [3.05, 3.63) is 54.2 Å². The third-order valence-electron chi connectivity index (χ3n) is 5.59. The number of para-hydroxylation sites is 2. The summed E-state index contributed by atoms with van der Waals surface area (Å²) in [5, 5.41) is 2.63. The summed E-state index contributed by atoms with van der Waals surface area (Å²) >= 11 is 0. The van der Waals surface area contributed by atoms with E-state index in [0.717, 1.165) is 0 Å². The van der Waals surface area contributed by atoms with Crippen molar-refractivity contribution < 1.29 is 22.7 Å². The van der Waals surface area contributed by atoms with Crippen LogP contribution in [0.5, 0.6) is 0 Å². The molecule has 0 unspecified atom stereocenters. The first-order valence-corrected chi connectivity index (χ1v) is 12.8. The Kier molecular flexibility index (Phi) is 7.27. The molecule has 11 heteroatoms. The number of benzene rings is 2. The van der Waals surface area contributed by atoms with Crippen LogP contribution in [0.4, 0.5) is 11.5 Å². The van der Waals surface area contributed by atoms with Gasteiger partial charge in [-0.15, -0.1) is 0 Å². The van der Waals surface area contributed by atoms with Crippen molar-refractivity contribution in [1.82, 2.24) is 14.3 Å². The van der Waals surface area contributed by atoms with Crippen LogP contribution < -0.4 is 10.2 Å². The zero-order valence-corrected chi connectivity index (χ0v) is 20.4. The molecule has 4 rings (SSSR count). The summed E-state index contributed by atoms with van der Waals surface area (Å²) in [7, 11) is -3.74. The fraction of sp³-hybridized carbons (Fsp3) is 0.333. The van der Waals surface area contributed by atoms with Gasteiger partial charge in [0.15, 0.2) is 11.5 Å². The lowest BCUT2D eigenvalue weighted by Crippen LogP contribution is -2.36. The van der Waals surface area contributed by atoms with E-state index in [9.17, 15) is 18.0 Å². The Morgan fingerprint density at radius 2 is 1.66 bits per heavy atom. The van der Waals surface area contributed by atoms with Crippen molar-refractivity contribution >= 4 is 44.4 Å². The highest BCUT2D eigenvalue weighted by Gasteiger charge is 2.29. The second-order valence-corrected chi connectivity index (χ2v) is 9.99. The molecule has 0 aliphatic carbocycles. The monoisotopic (exact) mass is 497 g/mol. The van der Waals surface area contributed by atoms with Crippen molar-refractivity contribution in [2.45, 2.75) is 25.2 Å². The molecule has 1 fully saturated rings. The number of hydrogen-bond donors (Lipinski definition) is 1. The summed E-state index contributed by atoms with van der Waals surface area (Å²) < 4.78 is 33.2. The SMILES string of the molecule is CCOC(=O)c1nc2ccccc2nc1N1CCCN(S(=O)(=O)c2ccc(NC(C)=O)cc2)CC1. The Morgan fingerprint density at radius 1 is 0.971 bits per heavy atom. The number of carbonyl (C=O) groups is 2. The number of fused-ring (bicyclic) bond motifs is 1. The second kappa shape index (κ2) is 10.4. The number of hydrogen-bond acceptors (Lipinski definition) is 8. The maximum absolute atomic E-state index is 13.3. The quantitative estimate of drug-likeness (QED) is 0.516. The van der Waals surface area contributed by atoms with Gasteiger partial charge in [0.1, 0.15) is 0 Å². The number of nitrogens with one attached hydrogen (secondary N) is 1. The summed E-state index contributed by atoms with van der Waals surface area (Å²) in [6.07, 6.45) is 0.542. The van der Waals surface area contributed by atoms with E-state index in [4.69, 9.17) is 4.74 Å². The van der Waals surface area contributed by atoms with Crippen molar-refractivity contribution in [2.24, 2.45) is 0 Å². The van der Waals surface area contributed by atoms with Crippen LogP contribution in [-0.4, -0.2) is 67.4 Å². The van der Waals surface area contributed by atoms with Gasteiger partial charge in [0, 0.05) is 38.8 Å². The van der Waals surface area contributed by atoms with Gasteiger partial charge in [0.25, 0.3) is 0 Å². The van der Waals surface area contributed by atoms with Crippen LogP contribution in [-0.2, 0) is 19.6 Å². The number of carbonyl (C=O) groups excluding carboxylic acids is 2.